The molecule has 1 saturated heterocycles. The minimum atomic E-state index is -0.193. The van der Waals surface area contributed by atoms with Crippen LogP contribution in [0.4, 0.5) is 0 Å². The summed E-state index contributed by atoms with van der Waals surface area (Å²) in [4.78, 5) is 21.9. The molecule has 0 bridgehead atoms. The number of aromatic nitrogens is 1. The molecule has 4 rings (SSSR count). The Hall–Kier alpha value is -2.15. The molecule has 3 heterocycles. The molecule has 0 aliphatic carbocycles. The van der Waals surface area contributed by atoms with Crippen LogP contribution in [0.5, 0.6) is 5.75 Å². The van der Waals surface area contributed by atoms with Crippen molar-refractivity contribution in [3.05, 3.63) is 58.9 Å². The lowest BCUT2D eigenvalue weighted by Gasteiger charge is -2.32. The van der Waals surface area contributed by atoms with Crippen LogP contribution in [-0.2, 0) is 22.5 Å². The van der Waals surface area contributed by atoms with Gasteiger partial charge in [0.25, 0.3) is 0 Å². The van der Waals surface area contributed by atoms with Gasteiger partial charge in [0, 0.05) is 50.1 Å². The third kappa shape index (κ3) is 5.50. The quantitative estimate of drug-likeness (QED) is 0.677. The maximum atomic E-state index is 13.4. The second kappa shape index (κ2) is 10.2. The Balaban J connectivity index is 1.41. The molecule has 0 spiro atoms. The molecule has 2 aliphatic heterocycles. The van der Waals surface area contributed by atoms with Gasteiger partial charge in [0.15, 0.2) is 0 Å². The van der Waals surface area contributed by atoms with Crippen molar-refractivity contribution in [2.75, 3.05) is 46.0 Å². The summed E-state index contributed by atoms with van der Waals surface area (Å²) in [6, 6.07) is 9.55. The smallest absolute Gasteiger partial charge is 0.229 e. The highest BCUT2D eigenvalue weighted by molar-refractivity contribution is 6.30. The summed E-state index contributed by atoms with van der Waals surface area (Å²) in [6.45, 7) is 6.20. The van der Waals surface area contributed by atoms with Gasteiger partial charge in [-0.3, -0.25) is 14.7 Å². The molecule has 0 saturated carbocycles. The summed E-state index contributed by atoms with van der Waals surface area (Å²) >= 11 is 6.15. The van der Waals surface area contributed by atoms with E-state index in [0.717, 1.165) is 62.7 Å². The number of hydrogen-bond donors (Lipinski definition) is 0. The Bertz CT molecular complexity index is 843. The number of halogens is 1. The van der Waals surface area contributed by atoms with Crippen molar-refractivity contribution in [3.8, 4) is 5.75 Å². The molecular weight excluding hydrogens is 402 g/mol. The van der Waals surface area contributed by atoms with Crippen molar-refractivity contribution in [2.45, 2.75) is 19.4 Å². The molecule has 0 N–H and O–H groups in total. The molecule has 6 nitrogen and oxygen atoms in total. The van der Waals surface area contributed by atoms with E-state index in [1.165, 1.54) is 0 Å². The Labute approximate surface area is 182 Å². The van der Waals surface area contributed by atoms with Crippen molar-refractivity contribution < 1.29 is 14.3 Å². The van der Waals surface area contributed by atoms with Gasteiger partial charge in [-0.25, -0.2) is 0 Å². The second-order valence-corrected chi connectivity index (χ2v) is 8.32. The van der Waals surface area contributed by atoms with Crippen LogP contribution in [0.15, 0.2) is 42.7 Å². The minimum Gasteiger partial charge on any atom is -0.492 e. The largest absolute Gasteiger partial charge is 0.492 e. The van der Waals surface area contributed by atoms with Crippen LogP contribution >= 0.6 is 11.6 Å². The number of ether oxygens (including phenoxy) is 2. The lowest BCUT2D eigenvalue weighted by molar-refractivity contribution is -0.137. The van der Waals surface area contributed by atoms with Gasteiger partial charge in [-0.1, -0.05) is 11.6 Å². The number of carbonyl (C=O) groups excluding carboxylic acids is 1. The van der Waals surface area contributed by atoms with Crippen molar-refractivity contribution in [3.63, 3.8) is 0 Å². The zero-order valence-electron chi connectivity index (χ0n) is 17.1. The van der Waals surface area contributed by atoms with Crippen LogP contribution in [0.25, 0.3) is 0 Å². The number of morpholine rings is 1. The van der Waals surface area contributed by atoms with Crippen LogP contribution in [0.3, 0.4) is 0 Å². The van der Waals surface area contributed by atoms with Gasteiger partial charge in [-0.05, 0) is 54.3 Å². The fourth-order valence-electron chi connectivity index (χ4n) is 4.07. The molecule has 7 heteroatoms. The molecule has 1 amide bonds. The van der Waals surface area contributed by atoms with Gasteiger partial charge in [-0.2, -0.15) is 0 Å². The monoisotopic (exact) mass is 429 g/mol. The number of amides is 1. The zero-order valence-corrected chi connectivity index (χ0v) is 17.9. The van der Waals surface area contributed by atoms with Gasteiger partial charge < -0.3 is 14.4 Å². The molecular formula is C23H28ClN3O3. The van der Waals surface area contributed by atoms with Crippen molar-refractivity contribution in [1.82, 2.24) is 14.8 Å². The first-order chi connectivity index (χ1) is 14.7. The number of nitrogens with zero attached hydrogens (tertiary/aromatic N) is 3. The number of rotatable bonds is 7. The Morgan fingerprint density at radius 1 is 1.20 bits per heavy atom. The summed E-state index contributed by atoms with van der Waals surface area (Å²) in [6.07, 6.45) is 5.14. The summed E-state index contributed by atoms with van der Waals surface area (Å²) in [5.74, 6) is 0.775. The maximum Gasteiger partial charge on any atom is 0.229 e. The first-order valence-corrected chi connectivity index (χ1v) is 11.0. The molecule has 1 fully saturated rings. The summed E-state index contributed by atoms with van der Waals surface area (Å²) in [5.41, 5.74) is 2.09. The molecule has 160 valence electrons. The third-order valence-corrected chi connectivity index (χ3v) is 5.95. The van der Waals surface area contributed by atoms with E-state index in [1.54, 1.807) is 12.4 Å². The molecule has 1 aromatic heterocycles. The lowest BCUT2D eigenvalue weighted by Crippen LogP contribution is -2.42. The Morgan fingerprint density at radius 3 is 2.80 bits per heavy atom. The molecule has 30 heavy (non-hydrogen) atoms. The minimum absolute atomic E-state index is 0.138. The first kappa shape index (κ1) is 21.1. The average Bonchev–Trinajstić information content (AvgIpc) is 2.79. The normalized spacial score (nSPS) is 19.0. The van der Waals surface area contributed by atoms with E-state index in [0.29, 0.717) is 24.6 Å². The topological polar surface area (TPSA) is 54.9 Å². The SMILES string of the molecule is O=C(C1COc2ccc(Cl)cc2C1)N(CCCN1CCOCC1)Cc1ccncc1. The van der Waals surface area contributed by atoms with Gasteiger partial charge in [0.1, 0.15) is 12.4 Å². The predicted octanol–water partition coefficient (Wildman–Crippen LogP) is 3.04. The predicted molar refractivity (Wildman–Crippen MR) is 116 cm³/mol. The van der Waals surface area contributed by atoms with Crippen LogP contribution in [-0.4, -0.2) is 66.7 Å². The van der Waals surface area contributed by atoms with Crippen LogP contribution < -0.4 is 4.74 Å². The molecule has 2 aromatic rings. The standard InChI is InChI=1S/C23H28ClN3O3/c24-21-2-3-22-19(15-21)14-20(17-30-22)23(28)27(16-18-4-6-25-7-5-18)9-1-8-26-10-12-29-13-11-26/h2-7,15,20H,1,8-14,16-17H2. The molecule has 2 aliphatic rings. The van der Waals surface area contributed by atoms with Gasteiger partial charge >= 0.3 is 0 Å². The molecule has 1 aromatic carbocycles. The molecule has 0 radical (unpaired) electrons. The highest BCUT2D eigenvalue weighted by Crippen LogP contribution is 2.30. The number of hydrogen-bond acceptors (Lipinski definition) is 5. The average molecular weight is 430 g/mol. The lowest BCUT2D eigenvalue weighted by atomic mass is 9.95. The summed E-state index contributed by atoms with van der Waals surface area (Å²) < 4.78 is 11.3. The number of pyridine rings is 1. The van der Waals surface area contributed by atoms with Crippen LogP contribution in [0, 0.1) is 5.92 Å². The van der Waals surface area contributed by atoms with E-state index < -0.39 is 0 Å². The number of carbonyl (C=O) groups is 1. The van der Waals surface area contributed by atoms with Gasteiger partial charge in [0.05, 0.1) is 19.1 Å². The van der Waals surface area contributed by atoms with Crippen molar-refractivity contribution >= 4 is 17.5 Å². The Kier molecular flexibility index (Phi) is 7.20. The van der Waals surface area contributed by atoms with E-state index in [1.807, 2.05) is 35.2 Å². The zero-order chi connectivity index (χ0) is 20.8. The first-order valence-electron chi connectivity index (χ1n) is 10.6. The van der Waals surface area contributed by atoms with Crippen LogP contribution in [0.2, 0.25) is 5.02 Å². The van der Waals surface area contributed by atoms with E-state index in [4.69, 9.17) is 21.1 Å². The number of fused-ring (bicyclic) bond motifs is 1. The third-order valence-electron chi connectivity index (χ3n) is 5.72. The van der Waals surface area contributed by atoms with Gasteiger partial charge in [0.2, 0.25) is 5.91 Å². The van der Waals surface area contributed by atoms with E-state index in [2.05, 4.69) is 9.88 Å². The molecule has 1 unspecified atom stereocenters. The maximum absolute atomic E-state index is 13.4. The van der Waals surface area contributed by atoms with Crippen LogP contribution in [0.1, 0.15) is 17.5 Å². The fraction of sp³-hybridized carbons (Fsp3) is 0.478. The number of benzene rings is 1. The highest BCUT2D eigenvalue weighted by Gasteiger charge is 2.30. The van der Waals surface area contributed by atoms with Crippen molar-refractivity contribution in [1.29, 1.82) is 0 Å². The van der Waals surface area contributed by atoms with Crippen molar-refractivity contribution in [2.24, 2.45) is 5.92 Å². The summed E-state index contributed by atoms with van der Waals surface area (Å²) in [5, 5.41) is 0.671. The Morgan fingerprint density at radius 2 is 2.00 bits per heavy atom. The fourth-order valence-corrected chi connectivity index (χ4v) is 4.26. The molecule has 1 atom stereocenters. The second-order valence-electron chi connectivity index (χ2n) is 7.89. The van der Waals surface area contributed by atoms with E-state index >= 15 is 0 Å². The van der Waals surface area contributed by atoms with E-state index in [9.17, 15) is 4.79 Å². The summed E-state index contributed by atoms with van der Waals surface area (Å²) in [7, 11) is 0. The van der Waals surface area contributed by atoms with Gasteiger partial charge in [-0.15, -0.1) is 0 Å². The van der Waals surface area contributed by atoms with E-state index in [-0.39, 0.29) is 11.8 Å². The highest BCUT2D eigenvalue weighted by atomic mass is 35.5.